The van der Waals surface area contributed by atoms with Crippen LogP contribution in [0.15, 0.2) is 5.18 Å². The summed E-state index contributed by atoms with van der Waals surface area (Å²) in [6.07, 6.45) is -0.823. The molecule has 0 aromatic carbocycles. The minimum absolute atomic E-state index is 0.0139. The summed E-state index contributed by atoms with van der Waals surface area (Å²) in [6.45, 7) is 0. The quantitative estimate of drug-likeness (QED) is 0.710. The number of alkyl halides is 2. The second-order valence-corrected chi connectivity index (χ2v) is 4.59. The Morgan fingerprint density at radius 1 is 1.00 bits per heavy atom. The van der Waals surface area contributed by atoms with Crippen LogP contribution in [0.2, 0.25) is 0 Å². The van der Waals surface area contributed by atoms with Gasteiger partial charge in [0, 0.05) is 12.8 Å². The molecule has 1 aliphatic rings. The summed E-state index contributed by atoms with van der Waals surface area (Å²) in [7, 11) is 0. The third-order valence-corrected chi connectivity index (χ3v) is 3.07. The van der Waals surface area contributed by atoms with Gasteiger partial charge in [0.05, 0.1) is 12.1 Å². The molecule has 0 spiro atoms. The Morgan fingerprint density at radius 2 is 1.62 bits per heavy atom. The molecule has 1 fully saturated rings. The van der Waals surface area contributed by atoms with Gasteiger partial charge in [0.15, 0.2) is 0 Å². The summed E-state index contributed by atoms with van der Waals surface area (Å²) in [4.78, 5) is 10.4. The largest absolute Gasteiger partial charge is 0.393 e. The molecule has 4 unspecified atom stereocenters. The standard InChI is InChI=1S/C11H19F2NO2/c12-8-2-1-3-11(15)5-4-9(13)7-10(6-8)14-16/h8-11,15H,1-7H2. The van der Waals surface area contributed by atoms with Gasteiger partial charge in [-0.05, 0) is 32.1 Å². The average molecular weight is 235 g/mol. The van der Waals surface area contributed by atoms with Crippen LogP contribution in [0.25, 0.3) is 0 Å². The Bertz CT molecular complexity index is 216. The van der Waals surface area contributed by atoms with E-state index in [2.05, 4.69) is 5.18 Å². The van der Waals surface area contributed by atoms with Crippen LogP contribution in [-0.4, -0.2) is 29.6 Å². The van der Waals surface area contributed by atoms with Crippen molar-refractivity contribution in [1.82, 2.24) is 0 Å². The summed E-state index contributed by atoms with van der Waals surface area (Å²) in [5.41, 5.74) is 0. The first-order valence-corrected chi connectivity index (χ1v) is 5.90. The molecule has 94 valence electrons. The molecule has 5 heteroatoms. The van der Waals surface area contributed by atoms with Crippen molar-refractivity contribution in [2.45, 2.75) is 69.4 Å². The van der Waals surface area contributed by atoms with Gasteiger partial charge in [-0.1, -0.05) is 5.18 Å². The van der Waals surface area contributed by atoms with Crippen molar-refractivity contribution in [3.05, 3.63) is 4.91 Å². The third kappa shape index (κ3) is 4.96. The number of hydrogen-bond acceptors (Lipinski definition) is 3. The van der Waals surface area contributed by atoms with E-state index in [1.54, 1.807) is 0 Å². The molecule has 0 saturated heterocycles. The second kappa shape index (κ2) is 6.89. The van der Waals surface area contributed by atoms with Crippen LogP contribution in [-0.2, 0) is 0 Å². The third-order valence-electron chi connectivity index (χ3n) is 3.07. The van der Waals surface area contributed by atoms with Crippen LogP contribution in [0.5, 0.6) is 0 Å². The number of aliphatic hydroxyl groups is 1. The maximum absolute atomic E-state index is 13.4. The Labute approximate surface area is 94.2 Å². The van der Waals surface area contributed by atoms with E-state index in [1.807, 2.05) is 0 Å². The molecule has 3 nitrogen and oxygen atoms in total. The number of aliphatic hydroxyl groups excluding tert-OH is 1. The van der Waals surface area contributed by atoms with Gasteiger partial charge in [0.2, 0.25) is 0 Å². The van der Waals surface area contributed by atoms with Gasteiger partial charge in [-0.3, -0.25) is 0 Å². The lowest BCUT2D eigenvalue weighted by atomic mass is 10.0. The number of nitrogens with zero attached hydrogens (tertiary/aromatic N) is 1. The smallest absolute Gasteiger partial charge is 0.102 e. The molecule has 0 heterocycles. The zero-order valence-electron chi connectivity index (χ0n) is 9.32. The van der Waals surface area contributed by atoms with Crippen molar-refractivity contribution in [3.63, 3.8) is 0 Å². The molecule has 1 aliphatic carbocycles. The molecular weight excluding hydrogens is 216 g/mol. The SMILES string of the molecule is O=NC1CC(F)CCCC(O)CCC(F)C1. The summed E-state index contributed by atoms with van der Waals surface area (Å²) < 4.78 is 26.7. The zero-order valence-corrected chi connectivity index (χ0v) is 9.32. The molecule has 1 rings (SSSR count). The highest BCUT2D eigenvalue weighted by molar-refractivity contribution is 4.77. The number of hydrogen-bond donors (Lipinski definition) is 1. The highest BCUT2D eigenvalue weighted by Crippen LogP contribution is 2.22. The topological polar surface area (TPSA) is 49.7 Å². The number of rotatable bonds is 1. The van der Waals surface area contributed by atoms with E-state index in [1.165, 1.54) is 0 Å². The first-order chi connectivity index (χ1) is 7.61. The van der Waals surface area contributed by atoms with Gasteiger partial charge >= 0.3 is 0 Å². The van der Waals surface area contributed by atoms with E-state index >= 15 is 0 Å². The van der Waals surface area contributed by atoms with E-state index in [0.717, 1.165) is 0 Å². The molecular formula is C11H19F2NO2. The van der Waals surface area contributed by atoms with Crippen LogP contribution in [0.4, 0.5) is 8.78 Å². The van der Waals surface area contributed by atoms with E-state index in [9.17, 15) is 18.8 Å². The van der Waals surface area contributed by atoms with Crippen LogP contribution < -0.4 is 0 Å². The number of nitroso groups, excluding NO2 is 1. The Kier molecular flexibility index (Phi) is 5.80. The van der Waals surface area contributed by atoms with Gasteiger partial charge in [-0.2, -0.15) is 4.91 Å². The molecule has 0 amide bonds. The lowest BCUT2D eigenvalue weighted by Crippen LogP contribution is -2.17. The highest BCUT2D eigenvalue weighted by Gasteiger charge is 2.23. The summed E-state index contributed by atoms with van der Waals surface area (Å²) in [6, 6.07) is -0.764. The monoisotopic (exact) mass is 235 g/mol. The molecule has 0 radical (unpaired) electrons. The Hall–Kier alpha value is -0.580. The zero-order chi connectivity index (χ0) is 12.0. The van der Waals surface area contributed by atoms with Crippen molar-refractivity contribution >= 4 is 0 Å². The van der Waals surface area contributed by atoms with E-state index < -0.39 is 24.5 Å². The minimum atomic E-state index is -1.16. The molecule has 0 bridgehead atoms. The van der Waals surface area contributed by atoms with Gasteiger partial charge in [-0.25, -0.2) is 8.78 Å². The molecule has 1 saturated carbocycles. The first-order valence-electron chi connectivity index (χ1n) is 5.90. The van der Waals surface area contributed by atoms with E-state index in [4.69, 9.17) is 0 Å². The fraction of sp³-hybridized carbons (Fsp3) is 1.00. The van der Waals surface area contributed by atoms with E-state index in [-0.39, 0.29) is 19.3 Å². The van der Waals surface area contributed by atoms with Crippen molar-refractivity contribution in [3.8, 4) is 0 Å². The fourth-order valence-electron chi connectivity index (χ4n) is 2.10. The first kappa shape index (κ1) is 13.5. The highest BCUT2D eigenvalue weighted by atomic mass is 19.1. The van der Waals surface area contributed by atoms with Crippen molar-refractivity contribution in [1.29, 1.82) is 0 Å². The van der Waals surface area contributed by atoms with E-state index in [0.29, 0.717) is 25.7 Å². The predicted octanol–water partition coefficient (Wildman–Crippen LogP) is 2.90. The Balaban J connectivity index is 2.52. The maximum atomic E-state index is 13.4. The molecule has 4 atom stereocenters. The van der Waals surface area contributed by atoms with Crippen molar-refractivity contribution in [2.75, 3.05) is 0 Å². The van der Waals surface area contributed by atoms with Crippen LogP contribution in [0, 0.1) is 4.91 Å². The van der Waals surface area contributed by atoms with Crippen molar-refractivity contribution in [2.24, 2.45) is 5.18 Å². The van der Waals surface area contributed by atoms with Crippen LogP contribution in [0.1, 0.15) is 44.9 Å². The number of halogens is 2. The van der Waals surface area contributed by atoms with Gasteiger partial charge < -0.3 is 5.11 Å². The molecule has 16 heavy (non-hydrogen) atoms. The van der Waals surface area contributed by atoms with Gasteiger partial charge in [0.25, 0.3) is 0 Å². The molecule has 0 aromatic heterocycles. The summed E-state index contributed by atoms with van der Waals surface area (Å²) in [5.74, 6) is 0. The van der Waals surface area contributed by atoms with Crippen LogP contribution >= 0.6 is 0 Å². The van der Waals surface area contributed by atoms with Gasteiger partial charge in [0.1, 0.15) is 12.3 Å². The lowest BCUT2D eigenvalue weighted by molar-refractivity contribution is 0.133. The molecule has 0 aromatic rings. The second-order valence-electron chi connectivity index (χ2n) is 4.59. The minimum Gasteiger partial charge on any atom is -0.393 e. The molecule has 0 aliphatic heterocycles. The normalized spacial score (nSPS) is 38.7. The Morgan fingerprint density at radius 3 is 2.25 bits per heavy atom. The predicted molar refractivity (Wildman–Crippen MR) is 57.7 cm³/mol. The van der Waals surface area contributed by atoms with Gasteiger partial charge in [-0.15, -0.1) is 0 Å². The van der Waals surface area contributed by atoms with Crippen LogP contribution in [0.3, 0.4) is 0 Å². The maximum Gasteiger partial charge on any atom is 0.102 e. The van der Waals surface area contributed by atoms with Crippen molar-refractivity contribution < 1.29 is 13.9 Å². The summed E-state index contributed by atoms with van der Waals surface area (Å²) >= 11 is 0. The molecule has 1 N–H and O–H groups in total. The summed E-state index contributed by atoms with van der Waals surface area (Å²) in [5, 5.41) is 12.3. The fourth-order valence-corrected chi connectivity index (χ4v) is 2.10. The lowest BCUT2D eigenvalue weighted by Gasteiger charge is -2.13. The average Bonchev–Trinajstić information content (AvgIpc) is 2.26.